The molecule has 0 aliphatic carbocycles. The van der Waals surface area contributed by atoms with E-state index in [1.165, 1.54) is 0 Å². The van der Waals surface area contributed by atoms with Crippen molar-refractivity contribution in [3.05, 3.63) is 70.8 Å². The smallest absolute Gasteiger partial charge is 0.251 e. The molecule has 0 heterocycles. The van der Waals surface area contributed by atoms with Gasteiger partial charge in [-0.25, -0.2) is 0 Å². The maximum Gasteiger partial charge on any atom is 0.251 e. The third-order valence-corrected chi connectivity index (χ3v) is 4.68. The number of rotatable bonds is 11. The van der Waals surface area contributed by atoms with E-state index in [0.29, 0.717) is 35.2 Å². The molecule has 148 valence electrons. The Hall–Kier alpha value is -3.44. The standard InChI is InChI=1S/C24H25N3O2/c25-17-19-9-7-11-21(15-19)23(28)13-5-3-1-2-4-6-14-27-24(29)22-12-8-10-20(16-22)18-26/h7-12,15-16H,1-6,13-14H2,(H,27,29). The first-order valence-electron chi connectivity index (χ1n) is 9.96. The van der Waals surface area contributed by atoms with Crippen LogP contribution in [-0.2, 0) is 0 Å². The summed E-state index contributed by atoms with van der Waals surface area (Å²) in [6.07, 6.45) is 6.41. The zero-order chi connectivity index (χ0) is 20.9. The predicted octanol–water partition coefficient (Wildman–Crippen LogP) is 4.77. The molecule has 2 aromatic carbocycles. The van der Waals surface area contributed by atoms with Crippen molar-refractivity contribution in [1.29, 1.82) is 10.5 Å². The first-order chi connectivity index (χ1) is 14.1. The van der Waals surface area contributed by atoms with E-state index in [-0.39, 0.29) is 11.7 Å². The minimum absolute atomic E-state index is 0.0882. The fourth-order valence-corrected chi connectivity index (χ4v) is 3.06. The SMILES string of the molecule is N#Cc1cccc(C(=O)CCCCCCCCNC(=O)c2cccc(C#N)c2)c1. The highest BCUT2D eigenvalue weighted by Crippen LogP contribution is 2.12. The fraction of sp³-hybridized carbons (Fsp3) is 0.333. The molecule has 0 radical (unpaired) electrons. The van der Waals surface area contributed by atoms with Crippen LogP contribution in [0.2, 0.25) is 0 Å². The van der Waals surface area contributed by atoms with Crippen LogP contribution in [0.25, 0.3) is 0 Å². The second kappa shape index (κ2) is 12.1. The lowest BCUT2D eigenvalue weighted by atomic mass is 10.0. The van der Waals surface area contributed by atoms with Crippen LogP contribution in [0.3, 0.4) is 0 Å². The average molecular weight is 387 g/mol. The number of amides is 1. The number of Topliss-reactive ketones (excluding diaryl/α,β-unsaturated/α-hetero) is 1. The van der Waals surface area contributed by atoms with E-state index in [9.17, 15) is 9.59 Å². The second-order valence-electron chi connectivity index (χ2n) is 6.94. The van der Waals surface area contributed by atoms with E-state index in [4.69, 9.17) is 10.5 Å². The van der Waals surface area contributed by atoms with Crippen molar-refractivity contribution in [3.63, 3.8) is 0 Å². The second-order valence-corrected chi connectivity index (χ2v) is 6.94. The zero-order valence-corrected chi connectivity index (χ0v) is 16.5. The van der Waals surface area contributed by atoms with Gasteiger partial charge >= 0.3 is 0 Å². The molecule has 0 unspecified atom stereocenters. The highest BCUT2D eigenvalue weighted by atomic mass is 16.1. The van der Waals surface area contributed by atoms with E-state index in [1.807, 2.05) is 6.07 Å². The highest BCUT2D eigenvalue weighted by molar-refractivity contribution is 5.96. The van der Waals surface area contributed by atoms with Gasteiger partial charge < -0.3 is 5.32 Å². The van der Waals surface area contributed by atoms with Crippen molar-refractivity contribution in [2.24, 2.45) is 0 Å². The van der Waals surface area contributed by atoms with Gasteiger partial charge in [-0.1, -0.05) is 43.9 Å². The molecule has 2 rings (SSSR count). The summed E-state index contributed by atoms with van der Waals surface area (Å²) in [6.45, 7) is 0.614. The summed E-state index contributed by atoms with van der Waals surface area (Å²) in [5, 5.41) is 20.6. The molecule has 0 atom stereocenters. The summed E-state index contributed by atoms with van der Waals surface area (Å²) in [6, 6.07) is 17.6. The number of ketones is 1. The quantitative estimate of drug-likeness (QED) is 0.444. The van der Waals surface area contributed by atoms with Crippen molar-refractivity contribution in [3.8, 4) is 12.1 Å². The molecule has 0 fully saturated rings. The normalized spacial score (nSPS) is 10.0. The Labute approximate surface area is 172 Å². The van der Waals surface area contributed by atoms with Gasteiger partial charge in [-0.15, -0.1) is 0 Å². The summed E-state index contributed by atoms with van der Waals surface area (Å²) in [5.41, 5.74) is 2.11. The number of nitrogens with zero attached hydrogens (tertiary/aromatic N) is 2. The molecule has 0 aromatic heterocycles. The number of hydrogen-bond acceptors (Lipinski definition) is 4. The van der Waals surface area contributed by atoms with Crippen LogP contribution in [-0.4, -0.2) is 18.2 Å². The molecule has 0 spiro atoms. The minimum Gasteiger partial charge on any atom is -0.352 e. The van der Waals surface area contributed by atoms with Gasteiger partial charge in [-0.3, -0.25) is 9.59 Å². The maximum absolute atomic E-state index is 12.1. The van der Waals surface area contributed by atoms with E-state index in [1.54, 1.807) is 48.5 Å². The molecular weight excluding hydrogens is 362 g/mol. The number of nitriles is 2. The molecule has 0 aliphatic rings. The molecule has 1 amide bonds. The molecule has 29 heavy (non-hydrogen) atoms. The fourth-order valence-electron chi connectivity index (χ4n) is 3.06. The number of nitrogens with one attached hydrogen (secondary N) is 1. The molecule has 0 bridgehead atoms. The Morgan fingerprint density at radius 1 is 0.759 bits per heavy atom. The summed E-state index contributed by atoms with van der Waals surface area (Å²) < 4.78 is 0. The van der Waals surface area contributed by atoms with Crippen LogP contribution in [0.15, 0.2) is 48.5 Å². The van der Waals surface area contributed by atoms with Gasteiger partial charge in [0.05, 0.1) is 23.3 Å². The van der Waals surface area contributed by atoms with Gasteiger partial charge in [0.25, 0.3) is 5.91 Å². The lowest BCUT2D eigenvalue weighted by Crippen LogP contribution is -2.24. The van der Waals surface area contributed by atoms with E-state index >= 15 is 0 Å². The van der Waals surface area contributed by atoms with E-state index in [0.717, 1.165) is 38.5 Å². The topological polar surface area (TPSA) is 93.8 Å². The van der Waals surface area contributed by atoms with Gasteiger partial charge in [-0.2, -0.15) is 10.5 Å². The average Bonchev–Trinajstić information content (AvgIpc) is 2.77. The molecule has 5 nitrogen and oxygen atoms in total. The Bertz CT molecular complexity index is 847. The van der Waals surface area contributed by atoms with Crippen molar-refractivity contribution in [2.45, 2.75) is 44.9 Å². The molecule has 2 aromatic rings. The number of carbonyl (C=O) groups is 2. The van der Waals surface area contributed by atoms with Crippen LogP contribution in [0.1, 0.15) is 76.8 Å². The third kappa shape index (κ3) is 7.60. The first kappa shape index (κ1) is 21.9. The third-order valence-electron chi connectivity index (χ3n) is 4.68. The summed E-state index contributed by atoms with van der Waals surface area (Å²) in [4.78, 5) is 24.2. The number of carbonyl (C=O) groups excluding carboxylic acids is 2. The maximum atomic E-state index is 12.1. The Balaban J connectivity index is 1.53. The van der Waals surface area contributed by atoms with Crippen LogP contribution < -0.4 is 5.32 Å². The van der Waals surface area contributed by atoms with E-state index in [2.05, 4.69) is 11.4 Å². The lowest BCUT2D eigenvalue weighted by Gasteiger charge is -2.06. The largest absolute Gasteiger partial charge is 0.352 e. The van der Waals surface area contributed by atoms with Crippen LogP contribution >= 0.6 is 0 Å². The van der Waals surface area contributed by atoms with Crippen LogP contribution in [0.4, 0.5) is 0 Å². The van der Waals surface area contributed by atoms with Gasteiger partial charge in [0.2, 0.25) is 0 Å². The van der Waals surface area contributed by atoms with Gasteiger partial charge in [0.1, 0.15) is 0 Å². The Kier molecular flexibility index (Phi) is 9.12. The predicted molar refractivity (Wildman–Crippen MR) is 111 cm³/mol. The zero-order valence-electron chi connectivity index (χ0n) is 16.5. The minimum atomic E-state index is -0.152. The Morgan fingerprint density at radius 3 is 1.97 bits per heavy atom. The molecule has 0 aliphatic heterocycles. The highest BCUT2D eigenvalue weighted by Gasteiger charge is 2.07. The van der Waals surface area contributed by atoms with Crippen molar-refractivity contribution in [2.75, 3.05) is 6.54 Å². The summed E-state index contributed by atoms with van der Waals surface area (Å²) in [7, 11) is 0. The van der Waals surface area contributed by atoms with E-state index < -0.39 is 0 Å². The van der Waals surface area contributed by atoms with Crippen molar-refractivity contribution >= 4 is 11.7 Å². The molecule has 0 saturated carbocycles. The van der Waals surface area contributed by atoms with Gasteiger partial charge in [0, 0.05) is 24.1 Å². The van der Waals surface area contributed by atoms with Gasteiger partial charge in [0.15, 0.2) is 5.78 Å². The van der Waals surface area contributed by atoms with Crippen LogP contribution in [0, 0.1) is 22.7 Å². The molecule has 5 heteroatoms. The van der Waals surface area contributed by atoms with Gasteiger partial charge in [-0.05, 0) is 43.2 Å². The van der Waals surface area contributed by atoms with Crippen LogP contribution in [0.5, 0.6) is 0 Å². The first-order valence-corrected chi connectivity index (χ1v) is 9.96. The summed E-state index contributed by atoms with van der Waals surface area (Å²) >= 11 is 0. The monoisotopic (exact) mass is 387 g/mol. The Morgan fingerprint density at radius 2 is 1.31 bits per heavy atom. The number of unbranched alkanes of at least 4 members (excludes halogenated alkanes) is 5. The molecule has 1 N–H and O–H groups in total. The van der Waals surface area contributed by atoms with Crippen molar-refractivity contribution < 1.29 is 9.59 Å². The summed E-state index contributed by atoms with van der Waals surface area (Å²) in [5.74, 6) is -0.0636. The number of benzene rings is 2. The molecule has 0 saturated heterocycles. The van der Waals surface area contributed by atoms with Crippen molar-refractivity contribution in [1.82, 2.24) is 5.32 Å². The lowest BCUT2D eigenvalue weighted by molar-refractivity contribution is 0.0951. The molecular formula is C24H25N3O2. The number of hydrogen-bond donors (Lipinski definition) is 1.